The van der Waals surface area contributed by atoms with Crippen LogP contribution < -0.4 is 15.5 Å². The first-order valence-corrected chi connectivity index (χ1v) is 12.1. The summed E-state index contributed by atoms with van der Waals surface area (Å²) in [6, 6.07) is 19.0. The quantitative estimate of drug-likeness (QED) is 0.526. The number of hydrogen-bond acceptors (Lipinski definition) is 4. The van der Waals surface area contributed by atoms with Gasteiger partial charge >= 0.3 is 0 Å². The molecule has 0 aliphatic carbocycles. The Labute approximate surface area is 197 Å². The fraction of sp³-hybridized carbons (Fsp3) is 0.280. The Morgan fingerprint density at radius 1 is 0.938 bits per heavy atom. The zero-order chi connectivity index (χ0) is 22.3. The molecule has 166 valence electrons. The standard InChI is InChI=1S/C25H26ClN3O2S/c26-22-9-3-1-7-20(22)25(31)28-18-12-15-29(16-13-18)23-10-4-2-8-21(23)24(30)27-14-11-19-6-5-17-32-19/h1-10,17-18H,11-16H2,(H,27,30)(H,28,31). The smallest absolute Gasteiger partial charge is 0.253 e. The zero-order valence-electron chi connectivity index (χ0n) is 17.7. The van der Waals surface area contributed by atoms with Gasteiger partial charge in [-0.1, -0.05) is 41.9 Å². The normalized spacial score (nSPS) is 14.2. The van der Waals surface area contributed by atoms with Crippen LogP contribution in [0.1, 0.15) is 38.4 Å². The molecule has 2 aromatic carbocycles. The lowest BCUT2D eigenvalue weighted by molar-refractivity contribution is 0.0929. The van der Waals surface area contributed by atoms with Crippen LogP contribution in [-0.4, -0.2) is 37.5 Å². The molecule has 1 saturated heterocycles. The Morgan fingerprint density at radius 3 is 2.38 bits per heavy atom. The fourth-order valence-electron chi connectivity index (χ4n) is 3.96. The molecule has 0 saturated carbocycles. The van der Waals surface area contributed by atoms with Crippen molar-refractivity contribution in [3.05, 3.63) is 87.1 Å². The van der Waals surface area contributed by atoms with Crippen LogP contribution in [0, 0.1) is 0 Å². The van der Waals surface area contributed by atoms with E-state index in [4.69, 9.17) is 11.6 Å². The van der Waals surface area contributed by atoms with Crippen molar-refractivity contribution in [3.63, 3.8) is 0 Å². The summed E-state index contributed by atoms with van der Waals surface area (Å²) in [7, 11) is 0. The molecule has 4 rings (SSSR count). The minimum absolute atomic E-state index is 0.0497. The summed E-state index contributed by atoms with van der Waals surface area (Å²) in [6.45, 7) is 2.16. The number of hydrogen-bond donors (Lipinski definition) is 2. The summed E-state index contributed by atoms with van der Waals surface area (Å²) >= 11 is 7.85. The zero-order valence-corrected chi connectivity index (χ0v) is 19.3. The first kappa shape index (κ1) is 22.4. The largest absolute Gasteiger partial charge is 0.371 e. The van der Waals surface area contributed by atoms with E-state index in [0.29, 0.717) is 22.7 Å². The number of nitrogens with zero attached hydrogens (tertiary/aromatic N) is 1. The molecule has 5 nitrogen and oxygen atoms in total. The molecule has 0 spiro atoms. The first-order chi connectivity index (χ1) is 15.6. The van der Waals surface area contributed by atoms with Crippen molar-refractivity contribution >= 4 is 40.4 Å². The second-order valence-electron chi connectivity index (χ2n) is 7.82. The lowest BCUT2D eigenvalue weighted by atomic mass is 10.0. The highest BCUT2D eigenvalue weighted by Crippen LogP contribution is 2.25. The van der Waals surface area contributed by atoms with Crippen molar-refractivity contribution in [2.24, 2.45) is 0 Å². The Bertz CT molecular complexity index is 1060. The van der Waals surface area contributed by atoms with Crippen LogP contribution in [0.25, 0.3) is 0 Å². The highest BCUT2D eigenvalue weighted by molar-refractivity contribution is 7.09. The predicted molar refractivity (Wildman–Crippen MR) is 131 cm³/mol. The summed E-state index contributed by atoms with van der Waals surface area (Å²) in [5, 5.41) is 8.65. The second-order valence-corrected chi connectivity index (χ2v) is 9.26. The summed E-state index contributed by atoms with van der Waals surface area (Å²) in [5.74, 6) is -0.189. The average Bonchev–Trinajstić information content (AvgIpc) is 3.33. The van der Waals surface area contributed by atoms with E-state index in [9.17, 15) is 9.59 Å². The number of carbonyl (C=O) groups excluding carboxylic acids is 2. The van der Waals surface area contributed by atoms with Crippen molar-refractivity contribution < 1.29 is 9.59 Å². The minimum Gasteiger partial charge on any atom is -0.371 e. The van der Waals surface area contributed by atoms with Gasteiger partial charge in [0.1, 0.15) is 0 Å². The van der Waals surface area contributed by atoms with Crippen LogP contribution in [0.4, 0.5) is 5.69 Å². The van der Waals surface area contributed by atoms with Gasteiger partial charge in [0.05, 0.1) is 16.1 Å². The monoisotopic (exact) mass is 467 g/mol. The molecule has 0 bridgehead atoms. The SMILES string of the molecule is O=C(NC1CCN(c2ccccc2C(=O)NCCc2cccs2)CC1)c1ccccc1Cl. The Morgan fingerprint density at radius 2 is 1.66 bits per heavy atom. The molecule has 2 heterocycles. The third-order valence-corrected chi connectivity index (χ3v) is 6.94. The molecule has 0 atom stereocenters. The first-order valence-electron chi connectivity index (χ1n) is 10.8. The number of halogens is 1. The third kappa shape index (κ3) is 5.50. The summed E-state index contributed by atoms with van der Waals surface area (Å²) < 4.78 is 0. The number of carbonyl (C=O) groups is 2. The van der Waals surface area contributed by atoms with E-state index in [2.05, 4.69) is 21.6 Å². The van der Waals surface area contributed by atoms with Gasteiger partial charge in [0.25, 0.3) is 11.8 Å². The van der Waals surface area contributed by atoms with Crippen molar-refractivity contribution in [2.75, 3.05) is 24.5 Å². The minimum atomic E-state index is -0.139. The van der Waals surface area contributed by atoms with Gasteiger partial charge in [0.2, 0.25) is 0 Å². The fourth-order valence-corrected chi connectivity index (χ4v) is 4.89. The van der Waals surface area contributed by atoms with E-state index < -0.39 is 0 Å². The van der Waals surface area contributed by atoms with Crippen molar-refractivity contribution in [1.82, 2.24) is 10.6 Å². The van der Waals surface area contributed by atoms with Gasteiger partial charge in [0, 0.05) is 36.2 Å². The van der Waals surface area contributed by atoms with Crippen molar-refractivity contribution in [1.29, 1.82) is 0 Å². The topological polar surface area (TPSA) is 61.4 Å². The number of amides is 2. The van der Waals surface area contributed by atoms with Gasteiger partial charge in [-0.3, -0.25) is 9.59 Å². The number of piperidine rings is 1. The van der Waals surface area contributed by atoms with E-state index in [-0.39, 0.29) is 17.9 Å². The van der Waals surface area contributed by atoms with E-state index in [1.807, 2.05) is 47.8 Å². The van der Waals surface area contributed by atoms with Crippen LogP contribution in [0.15, 0.2) is 66.0 Å². The highest BCUT2D eigenvalue weighted by atomic mass is 35.5. The molecule has 2 N–H and O–H groups in total. The molecule has 1 aliphatic heterocycles. The molecule has 1 aliphatic rings. The highest BCUT2D eigenvalue weighted by Gasteiger charge is 2.24. The van der Waals surface area contributed by atoms with Crippen LogP contribution in [0.3, 0.4) is 0 Å². The average molecular weight is 468 g/mol. The summed E-state index contributed by atoms with van der Waals surface area (Å²) in [6.07, 6.45) is 2.46. The molecular weight excluding hydrogens is 442 g/mol. The number of anilines is 1. The predicted octanol–water partition coefficient (Wildman–Crippen LogP) is 4.77. The molecule has 32 heavy (non-hydrogen) atoms. The van der Waals surface area contributed by atoms with Crippen molar-refractivity contribution in [2.45, 2.75) is 25.3 Å². The number of rotatable bonds is 7. The number of para-hydroxylation sites is 1. The maximum atomic E-state index is 12.8. The van der Waals surface area contributed by atoms with Gasteiger partial charge in [0.15, 0.2) is 0 Å². The lowest BCUT2D eigenvalue weighted by Crippen LogP contribution is -2.45. The molecule has 7 heteroatoms. The van der Waals surface area contributed by atoms with Gasteiger partial charge < -0.3 is 15.5 Å². The number of thiophene rings is 1. The second kappa shape index (κ2) is 10.7. The van der Waals surface area contributed by atoms with Gasteiger partial charge in [-0.2, -0.15) is 0 Å². The maximum Gasteiger partial charge on any atom is 0.253 e. The molecular formula is C25H26ClN3O2S. The molecule has 1 aromatic heterocycles. The van der Waals surface area contributed by atoms with Gasteiger partial charge in [-0.15, -0.1) is 11.3 Å². The van der Waals surface area contributed by atoms with Crippen LogP contribution in [0.2, 0.25) is 5.02 Å². The van der Waals surface area contributed by atoms with Crippen LogP contribution in [0.5, 0.6) is 0 Å². The molecule has 2 amide bonds. The van der Waals surface area contributed by atoms with Gasteiger partial charge in [-0.25, -0.2) is 0 Å². The maximum absolute atomic E-state index is 12.8. The van der Waals surface area contributed by atoms with E-state index >= 15 is 0 Å². The number of nitrogens with one attached hydrogen (secondary N) is 2. The van der Waals surface area contributed by atoms with Crippen molar-refractivity contribution in [3.8, 4) is 0 Å². The summed E-state index contributed by atoms with van der Waals surface area (Å²) in [5.41, 5.74) is 2.13. The lowest BCUT2D eigenvalue weighted by Gasteiger charge is -2.35. The number of benzene rings is 2. The Kier molecular flexibility index (Phi) is 7.45. The summed E-state index contributed by atoms with van der Waals surface area (Å²) in [4.78, 5) is 28.9. The van der Waals surface area contributed by atoms with E-state index in [0.717, 1.165) is 38.0 Å². The van der Waals surface area contributed by atoms with Crippen LogP contribution in [-0.2, 0) is 6.42 Å². The molecule has 0 radical (unpaired) electrons. The Hall–Kier alpha value is -2.83. The molecule has 0 unspecified atom stereocenters. The third-order valence-electron chi connectivity index (χ3n) is 5.68. The van der Waals surface area contributed by atoms with Gasteiger partial charge in [-0.05, 0) is 55.0 Å². The van der Waals surface area contributed by atoms with E-state index in [1.54, 1.807) is 23.5 Å². The Balaban J connectivity index is 1.33. The van der Waals surface area contributed by atoms with Crippen LogP contribution >= 0.6 is 22.9 Å². The van der Waals surface area contributed by atoms with E-state index in [1.165, 1.54) is 4.88 Å². The molecule has 1 fully saturated rings. The molecule has 3 aromatic rings.